The fraction of sp³-hybridized carbons (Fsp3) is 0.235. The second-order valence-corrected chi connectivity index (χ2v) is 31.6. The summed E-state index contributed by atoms with van der Waals surface area (Å²) >= 11 is 3.36. The third-order valence-corrected chi connectivity index (χ3v) is 19.9. The third-order valence-electron chi connectivity index (χ3n) is 19.3. The monoisotopic (exact) mass is 1600 g/mol. The van der Waals surface area contributed by atoms with Crippen LogP contribution in [0, 0.1) is 0 Å². The van der Waals surface area contributed by atoms with E-state index in [9.17, 15) is 0 Å². The van der Waals surface area contributed by atoms with Crippen molar-refractivity contribution in [2.45, 2.75) is 150 Å². The SMILES string of the molecule is BrCc1ccccc1.CC(C)c1ccnc(-c2ccc(N(Cc3ccccc3)c3cc(N(Cc4ccccc4)c4ccc(-c5cc(C(C)C)ccn5)cc4)cc(C(C)(C)C)c3)cc2)c1.CC(C)c1ccnc(-c2ccc(Nc3cc(Nc4ccc(-c5cc(C(C)C)ccn5)cc4)cc(C(C)(C)C)c3)cc2)c1.O=CO[O-].[H-].[K+].[K+]. The van der Waals surface area contributed by atoms with E-state index in [1.807, 2.05) is 43.0 Å². The number of hydrogen-bond acceptors (Lipinski definition) is 11. The van der Waals surface area contributed by atoms with Crippen molar-refractivity contribution in [1.29, 1.82) is 0 Å². The molecule has 0 amide bonds. The number of pyridine rings is 4. The molecule has 0 saturated heterocycles. The van der Waals surface area contributed by atoms with Gasteiger partial charge in [0.1, 0.15) is 0 Å². The number of carbonyl (C=O) groups excluding carboxylic acids is 1. The van der Waals surface area contributed by atoms with Crippen molar-refractivity contribution < 1.29 is 119 Å². The van der Waals surface area contributed by atoms with E-state index >= 15 is 0 Å². The van der Waals surface area contributed by atoms with Crippen LogP contribution in [0.2, 0.25) is 0 Å². The summed E-state index contributed by atoms with van der Waals surface area (Å²) in [5.41, 5.74) is 28.6. The van der Waals surface area contributed by atoms with Crippen LogP contribution in [0.4, 0.5) is 45.5 Å². The number of carbonyl (C=O) groups is 1. The molecule has 11 nitrogen and oxygen atoms in total. The van der Waals surface area contributed by atoms with E-state index in [2.05, 4.69) is 403 Å². The first kappa shape index (κ1) is 89.5. The summed E-state index contributed by atoms with van der Waals surface area (Å²) in [5, 5.41) is 16.6. The van der Waals surface area contributed by atoms with Crippen molar-refractivity contribution in [3.05, 3.63) is 348 Å². The van der Waals surface area contributed by atoms with Gasteiger partial charge in [-0.2, -0.15) is 0 Å². The van der Waals surface area contributed by atoms with Gasteiger partial charge in [-0.3, -0.25) is 24.7 Å². The second kappa shape index (κ2) is 43.4. The molecule has 0 aliphatic rings. The van der Waals surface area contributed by atoms with Gasteiger partial charge >= 0.3 is 103 Å². The Hall–Kier alpha value is -8.04. The van der Waals surface area contributed by atoms with Gasteiger partial charge in [0.2, 0.25) is 0 Å². The molecule has 0 saturated carbocycles. The topological polar surface area (TPSA) is 131 Å². The average Bonchev–Trinajstić information content (AvgIpc) is 0.784. The molecule has 564 valence electrons. The van der Waals surface area contributed by atoms with Crippen LogP contribution in [0.25, 0.3) is 45.0 Å². The normalized spacial score (nSPS) is 11.0. The zero-order chi connectivity index (χ0) is 78.3. The summed E-state index contributed by atoms with van der Waals surface area (Å²) < 4.78 is 0. The maximum Gasteiger partial charge on any atom is 1.00 e. The average molecular weight is 1600 g/mol. The molecular formula is C98H105BrK2N8O3. The molecule has 0 radical (unpaired) electrons. The fourth-order valence-corrected chi connectivity index (χ4v) is 12.9. The first-order valence-electron chi connectivity index (χ1n) is 38.0. The molecule has 112 heavy (non-hydrogen) atoms. The number of benzene rings is 9. The van der Waals surface area contributed by atoms with E-state index in [1.54, 1.807) is 0 Å². The molecule has 13 rings (SSSR count). The minimum atomic E-state index is -0.181. The molecule has 0 spiro atoms. The Labute approximate surface area is 761 Å². The van der Waals surface area contributed by atoms with Gasteiger partial charge in [-0.15, -0.1) is 0 Å². The number of hydrogen-bond donors (Lipinski definition) is 2. The standard InChI is InChI=1S/C52H54N4.C38H42N4.C7H7Br.CH2O3.2K.H/c1-37(2)43-26-28-53-50(30-43)41-18-22-46(23-19-41)55(35-39-14-10-8-11-15-39)48-32-45(52(5,6)7)33-49(34-48)56(36-40-16-12-9-13-17-40)47-24-20-42(21-25-47)51-31-44(38(3)4)27-29-54-51;1-25(2)29-16-18-39-36(20-29)27-8-12-32(13-9-27)41-34-22-31(38(5,6)7)23-35(24-34)42-33-14-10-28(11-15-33)37-21-30(26(3)4)17-19-40-37;8-6-7-4-2-1-3-5-7;2-1-4-3;;;/h8-34,37-38H,35-36H2,1-7H3;8-26,41-42H,1-7H3;1-5H,6H2;1,3H;;;/q;;;;2*+1;-1/p-1. The third kappa shape index (κ3) is 26.3. The van der Waals surface area contributed by atoms with Crippen molar-refractivity contribution in [3.63, 3.8) is 0 Å². The van der Waals surface area contributed by atoms with Gasteiger partial charge in [0, 0.05) is 111 Å². The fourth-order valence-electron chi connectivity index (χ4n) is 12.6. The van der Waals surface area contributed by atoms with Crippen LogP contribution < -0.4 is 128 Å². The van der Waals surface area contributed by atoms with Crippen LogP contribution in [0.15, 0.2) is 298 Å². The molecule has 4 aromatic heterocycles. The molecule has 14 heteroatoms. The Morgan fingerprint density at radius 3 is 0.902 bits per heavy atom. The number of nitrogens with one attached hydrogen (secondary N) is 2. The van der Waals surface area contributed by atoms with Gasteiger partial charge in [0.15, 0.2) is 0 Å². The molecular weight excluding hydrogens is 1500 g/mol. The summed E-state index contributed by atoms with van der Waals surface area (Å²) in [6.07, 6.45) is 7.65. The molecule has 0 aliphatic heterocycles. The Balaban J connectivity index is 0.000000274. The van der Waals surface area contributed by atoms with Crippen LogP contribution in [-0.2, 0) is 38.9 Å². The van der Waals surface area contributed by atoms with E-state index in [-0.39, 0.29) is 121 Å². The molecule has 0 aliphatic carbocycles. The number of rotatable bonds is 22. The minimum absolute atomic E-state index is 0. The predicted molar refractivity (Wildman–Crippen MR) is 464 cm³/mol. The Morgan fingerprint density at radius 1 is 0.366 bits per heavy atom. The van der Waals surface area contributed by atoms with Gasteiger partial charge in [-0.25, -0.2) is 0 Å². The van der Waals surface area contributed by atoms with Crippen molar-refractivity contribution in [2.75, 3.05) is 20.4 Å². The minimum Gasteiger partial charge on any atom is -1.00 e. The Kier molecular flexibility index (Phi) is 34.7. The van der Waals surface area contributed by atoms with Gasteiger partial charge in [-0.1, -0.05) is 252 Å². The molecule has 9 aromatic carbocycles. The van der Waals surface area contributed by atoms with E-state index in [0.717, 1.165) is 109 Å². The number of nitrogens with zero attached hydrogens (tertiary/aromatic N) is 6. The van der Waals surface area contributed by atoms with Crippen LogP contribution in [-0.4, -0.2) is 26.4 Å². The Morgan fingerprint density at radius 2 is 0.643 bits per heavy atom. The molecule has 13 aromatic rings. The number of alkyl halides is 1. The van der Waals surface area contributed by atoms with Crippen molar-refractivity contribution >= 4 is 67.9 Å². The second-order valence-electron chi connectivity index (χ2n) is 31.0. The van der Waals surface area contributed by atoms with Gasteiger partial charge in [0.25, 0.3) is 6.47 Å². The quantitative estimate of drug-likeness (QED) is 0.0221. The summed E-state index contributed by atoms with van der Waals surface area (Å²) in [6.45, 7) is 32.7. The zero-order valence-electron chi connectivity index (χ0n) is 69.1. The van der Waals surface area contributed by atoms with E-state index in [1.165, 1.54) is 50.1 Å². The molecule has 0 atom stereocenters. The van der Waals surface area contributed by atoms with E-state index in [0.29, 0.717) is 23.7 Å². The maximum absolute atomic E-state index is 8.64. The van der Waals surface area contributed by atoms with Crippen LogP contribution in [0.1, 0.15) is 172 Å². The van der Waals surface area contributed by atoms with Crippen LogP contribution in [0.3, 0.4) is 0 Å². The largest absolute Gasteiger partial charge is 1.00 e. The number of anilines is 8. The zero-order valence-corrected chi connectivity index (χ0v) is 75.9. The molecule has 0 unspecified atom stereocenters. The molecule has 0 fully saturated rings. The van der Waals surface area contributed by atoms with E-state index in [4.69, 9.17) is 20.0 Å². The first-order valence-corrected chi connectivity index (χ1v) is 39.1. The summed E-state index contributed by atoms with van der Waals surface area (Å²) in [7, 11) is 0. The first-order chi connectivity index (χ1) is 52.9. The smallest absolute Gasteiger partial charge is 1.00 e. The Bertz CT molecular complexity index is 4770. The van der Waals surface area contributed by atoms with Crippen LogP contribution >= 0.6 is 15.9 Å². The van der Waals surface area contributed by atoms with Crippen molar-refractivity contribution in [1.82, 2.24) is 19.9 Å². The number of halogens is 1. The van der Waals surface area contributed by atoms with Crippen LogP contribution in [0.5, 0.6) is 0 Å². The number of aromatic nitrogens is 4. The van der Waals surface area contributed by atoms with Gasteiger partial charge in [-0.05, 0) is 218 Å². The maximum atomic E-state index is 8.64. The van der Waals surface area contributed by atoms with Gasteiger partial charge in [0.05, 0.1) is 22.8 Å². The van der Waals surface area contributed by atoms with Crippen molar-refractivity contribution in [2.24, 2.45) is 0 Å². The summed E-state index contributed by atoms with van der Waals surface area (Å²) in [4.78, 5) is 34.8. The molecule has 0 bridgehead atoms. The summed E-state index contributed by atoms with van der Waals surface area (Å²) in [5.74, 6) is 1.84. The van der Waals surface area contributed by atoms with E-state index < -0.39 is 0 Å². The van der Waals surface area contributed by atoms with Crippen molar-refractivity contribution in [3.8, 4) is 45.0 Å². The van der Waals surface area contributed by atoms with Gasteiger partial charge < -0.3 is 32.0 Å². The molecule has 2 N–H and O–H groups in total. The predicted octanol–water partition coefficient (Wildman–Crippen LogP) is 20.0. The molecule has 4 heterocycles. The summed E-state index contributed by atoms with van der Waals surface area (Å²) in [6, 6.07) is 97.6.